The van der Waals surface area contributed by atoms with Gasteiger partial charge >= 0.3 is 5.97 Å². The Morgan fingerprint density at radius 3 is 2.68 bits per heavy atom. The van der Waals surface area contributed by atoms with Crippen LogP contribution < -0.4 is 5.32 Å². The number of halogens is 1. The molecule has 0 aliphatic carbocycles. The van der Waals surface area contributed by atoms with Gasteiger partial charge in [-0.05, 0) is 31.2 Å². The summed E-state index contributed by atoms with van der Waals surface area (Å²) in [6.45, 7) is 1.38. The van der Waals surface area contributed by atoms with Gasteiger partial charge in [-0.1, -0.05) is 0 Å². The topological polar surface area (TPSA) is 71.3 Å². The Kier molecular flexibility index (Phi) is 3.25. The number of aliphatic carboxylic acids is 1. The number of amides is 1. The molecule has 2 N–H and O–H groups in total. The molecule has 0 aliphatic heterocycles. The van der Waals surface area contributed by atoms with Crippen LogP contribution in [-0.4, -0.2) is 27.6 Å². The van der Waals surface area contributed by atoms with Crippen LogP contribution in [0.4, 0.5) is 4.39 Å². The third-order valence-electron chi connectivity index (χ3n) is 2.96. The quantitative estimate of drug-likeness (QED) is 0.883. The molecule has 0 saturated carbocycles. The van der Waals surface area contributed by atoms with Crippen molar-refractivity contribution in [2.45, 2.75) is 13.0 Å². The van der Waals surface area contributed by atoms with Crippen molar-refractivity contribution in [2.75, 3.05) is 0 Å². The summed E-state index contributed by atoms with van der Waals surface area (Å²) in [4.78, 5) is 22.6. The minimum absolute atomic E-state index is 0.286. The summed E-state index contributed by atoms with van der Waals surface area (Å²) in [5.74, 6) is -2.01. The molecule has 0 saturated heterocycles. The van der Waals surface area contributed by atoms with Gasteiger partial charge in [-0.25, -0.2) is 4.39 Å². The van der Waals surface area contributed by atoms with Gasteiger partial charge in [0.05, 0.1) is 5.52 Å². The lowest BCUT2D eigenvalue weighted by Crippen LogP contribution is -2.39. The lowest BCUT2D eigenvalue weighted by atomic mass is 10.2. The number of nitrogens with zero attached hydrogens (tertiary/aromatic N) is 1. The van der Waals surface area contributed by atoms with E-state index in [1.807, 2.05) is 0 Å². The zero-order valence-electron chi connectivity index (χ0n) is 10.5. The Morgan fingerprint density at radius 1 is 1.37 bits per heavy atom. The molecular formula is C13H13FN2O3. The summed E-state index contributed by atoms with van der Waals surface area (Å²) < 4.78 is 14.7. The van der Waals surface area contributed by atoms with Crippen LogP contribution in [0, 0.1) is 5.82 Å². The molecule has 2 rings (SSSR count). The number of carboxylic acids is 1. The van der Waals surface area contributed by atoms with Gasteiger partial charge in [0.25, 0.3) is 5.91 Å². The second-order valence-corrected chi connectivity index (χ2v) is 4.33. The molecule has 0 aliphatic rings. The SMILES string of the molecule is CC(NC(=O)c1cc2ccc(F)cc2n1C)C(=O)O. The fourth-order valence-electron chi connectivity index (χ4n) is 1.85. The number of carbonyl (C=O) groups is 2. The standard InChI is InChI=1S/C13H13FN2O3/c1-7(13(18)19)15-12(17)11-5-8-3-4-9(14)6-10(8)16(11)2/h3-7H,1-2H3,(H,15,17)(H,18,19). The fourth-order valence-corrected chi connectivity index (χ4v) is 1.85. The van der Waals surface area contributed by atoms with Crippen molar-refractivity contribution in [1.82, 2.24) is 9.88 Å². The molecule has 1 atom stereocenters. The Balaban J connectivity index is 2.37. The van der Waals surface area contributed by atoms with Crippen molar-refractivity contribution in [3.05, 3.63) is 35.8 Å². The number of carboxylic acid groups (broad SMARTS) is 1. The first kappa shape index (κ1) is 13.1. The molecule has 1 heterocycles. The number of hydrogen-bond acceptors (Lipinski definition) is 2. The van der Waals surface area contributed by atoms with E-state index in [9.17, 15) is 14.0 Å². The number of rotatable bonds is 3. The fraction of sp³-hybridized carbons (Fsp3) is 0.231. The van der Waals surface area contributed by atoms with Crippen LogP contribution in [0.2, 0.25) is 0 Å². The van der Waals surface area contributed by atoms with Gasteiger partial charge in [0.1, 0.15) is 17.6 Å². The molecule has 0 fully saturated rings. The van der Waals surface area contributed by atoms with Crippen LogP contribution in [-0.2, 0) is 11.8 Å². The first-order valence-corrected chi connectivity index (χ1v) is 5.69. The van der Waals surface area contributed by atoms with E-state index < -0.39 is 17.9 Å². The van der Waals surface area contributed by atoms with Crippen LogP contribution in [0.1, 0.15) is 17.4 Å². The van der Waals surface area contributed by atoms with Crippen molar-refractivity contribution >= 4 is 22.8 Å². The Morgan fingerprint density at radius 2 is 2.05 bits per heavy atom. The first-order valence-electron chi connectivity index (χ1n) is 5.69. The highest BCUT2D eigenvalue weighted by atomic mass is 19.1. The summed E-state index contributed by atoms with van der Waals surface area (Å²) in [5.41, 5.74) is 0.863. The zero-order chi connectivity index (χ0) is 14.2. The molecule has 6 heteroatoms. The molecule has 0 spiro atoms. The molecule has 1 unspecified atom stereocenters. The molecule has 2 aromatic rings. The molecule has 0 bridgehead atoms. The summed E-state index contributed by atoms with van der Waals surface area (Å²) in [6.07, 6.45) is 0. The number of aryl methyl sites for hydroxylation is 1. The number of fused-ring (bicyclic) bond motifs is 1. The molecule has 5 nitrogen and oxygen atoms in total. The second kappa shape index (κ2) is 4.72. The molecule has 1 aromatic carbocycles. The summed E-state index contributed by atoms with van der Waals surface area (Å²) >= 11 is 0. The maximum Gasteiger partial charge on any atom is 0.325 e. The number of aromatic nitrogens is 1. The van der Waals surface area contributed by atoms with Gasteiger partial charge in [-0.15, -0.1) is 0 Å². The average Bonchev–Trinajstić information content (AvgIpc) is 2.66. The molecular weight excluding hydrogens is 251 g/mol. The van der Waals surface area contributed by atoms with Gasteiger partial charge in [-0.2, -0.15) is 0 Å². The maximum atomic E-state index is 13.2. The van der Waals surface area contributed by atoms with E-state index in [2.05, 4.69) is 5.32 Å². The largest absolute Gasteiger partial charge is 0.480 e. The van der Waals surface area contributed by atoms with E-state index in [0.717, 1.165) is 5.39 Å². The number of nitrogens with one attached hydrogen (secondary N) is 1. The van der Waals surface area contributed by atoms with Crippen LogP contribution in [0.3, 0.4) is 0 Å². The van der Waals surface area contributed by atoms with Crippen LogP contribution in [0.15, 0.2) is 24.3 Å². The zero-order valence-corrected chi connectivity index (χ0v) is 10.5. The van der Waals surface area contributed by atoms with Gasteiger partial charge in [0.2, 0.25) is 0 Å². The van der Waals surface area contributed by atoms with Crippen molar-refractivity contribution < 1.29 is 19.1 Å². The van der Waals surface area contributed by atoms with Crippen molar-refractivity contribution in [1.29, 1.82) is 0 Å². The minimum atomic E-state index is -1.11. The molecule has 1 amide bonds. The highest BCUT2D eigenvalue weighted by Crippen LogP contribution is 2.19. The van der Waals surface area contributed by atoms with Gasteiger partial charge in [0.15, 0.2) is 0 Å². The lowest BCUT2D eigenvalue weighted by molar-refractivity contribution is -0.138. The van der Waals surface area contributed by atoms with E-state index in [1.165, 1.54) is 23.6 Å². The second-order valence-electron chi connectivity index (χ2n) is 4.33. The Hall–Kier alpha value is -2.37. The molecule has 0 radical (unpaired) electrons. The van der Waals surface area contributed by atoms with E-state index in [0.29, 0.717) is 5.52 Å². The van der Waals surface area contributed by atoms with Gasteiger partial charge in [0, 0.05) is 12.4 Å². The third-order valence-corrected chi connectivity index (χ3v) is 2.96. The number of hydrogen-bond donors (Lipinski definition) is 2. The van der Waals surface area contributed by atoms with E-state index in [-0.39, 0.29) is 11.5 Å². The monoisotopic (exact) mass is 264 g/mol. The van der Waals surface area contributed by atoms with Gasteiger partial charge < -0.3 is 15.0 Å². The summed E-state index contributed by atoms with van der Waals surface area (Å²) in [5, 5.41) is 11.8. The van der Waals surface area contributed by atoms with E-state index >= 15 is 0 Å². The lowest BCUT2D eigenvalue weighted by Gasteiger charge is -2.09. The van der Waals surface area contributed by atoms with Crippen LogP contribution >= 0.6 is 0 Å². The van der Waals surface area contributed by atoms with E-state index in [1.54, 1.807) is 19.2 Å². The molecule has 1 aromatic heterocycles. The predicted molar refractivity (Wildman–Crippen MR) is 67.4 cm³/mol. The normalized spacial score (nSPS) is 12.4. The van der Waals surface area contributed by atoms with E-state index in [4.69, 9.17) is 5.11 Å². The molecule has 100 valence electrons. The number of benzene rings is 1. The Labute approximate surface area is 108 Å². The highest BCUT2D eigenvalue weighted by Gasteiger charge is 2.18. The average molecular weight is 264 g/mol. The Bertz CT molecular complexity index is 663. The van der Waals surface area contributed by atoms with Gasteiger partial charge in [-0.3, -0.25) is 9.59 Å². The summed E-state index contributed by atoms with van der Waals surface area (Å²) in [6, 6.07) is 4.82. The summed E-state index contributed by atoms with van der Waals surface area (Å²) in [7, 11) is 1.63. The van der Waals surface area contributed by atoms with Crippen molar-refractivity contribution in [3.8, 4) is 0 Å². The highest BCUT2D eigenvalue weighted by molar-refractivity contribution is 6.00. The van der Waals surface area contributed by atoms with Crippen LogP contribution in [0.5, 0.6) is 0 Å². The first-order chi connectivity index (χ1) is 8.90. The minimum Gasteiger partial charge on any atom is -0.480 e. The third kappa shape index (κ3) is 2.42. The molecule has 19 heavy (non-hydrogen) atoms. The smallest absolute Gasteiger partial charge is 0.325 e. The number of carbonyl (C=O) groups excluding carboxylic acids is 1. The van der Waals surface area contributed by atoms with Crippen molar-refractivity contribution in [3.63, 3.8) is 0 Å². The van der Waals surface area contributed by atoms with Crippen molar-refractivity contribution in [2.24, 2.45) is 7.05 Å². The van der Waals surface area contributed by atoms with Crippen LogP contribution in [0.25, 0.3) is 10.9 Å². The predicted octanol–water partition coefficient (Wildman–Crippen LogP) is 1.52. The maximum absolute atomic E-state index is 13.2.